The van der Waals surface area contributed by atoms with Crippen LogP contribution >= 0.6 is 0 Å². The van der Waals surface area contributed by atoms with Gasteiger partial charge in [0.25, 0.3) is 0 Å². The predicted octanol–water partition coefficient (Wildman–Crippen LogP) is 2.11. The fourth-order valence-corrected chi connectivity index (χ4v) is 3.33. The molecule has 0 saturated carbocycles. The quantitative estimate of drug-likeness (QED) is 0.676. The summed E-state index contributed by atoms with van der Waals surface area (Å²) in [6.07, 6.45) is 2.77. The number of hydrogen-bond acceptors (Lipinski definition) is 5. The van der Waals surface area contributed by atoms with Crippen LogP contribution in [0.25, 0.3) is 0 Å². The Morgan fingerprint density at radius 2 is 2.32 bits per heavy atom. The van der Waals surface area contributed by atoms with Gasteiger partial charge in [-0.1, -0.05) is 25.1 Å². The maximum Gasteiger partial charge on any atom is 0.217 e. The summed E-state index contributed by atoms with van der Waals surface area (Å²) in [5.74, 6) is 0.176. The lowest BCUT2D eigenvalue weighted by molar-refractivity contribution is -0.118. The van der Waals surface area contributed by atoms with Gasteiger partial charge in [0.1, 0.15) is 0 Å². The van der Waals surface area contributed by atoms with Crippen LogP contribution < -0.4 is 11.1 Å². The van der Waals surface area contributed by atoms with Crippen molar-refractivity contribution in [2.75, 3.05) is 26.8 Å². The maximum atomic E-state index is 12.1. The van der Waals surface area contributed by atoms with Crippen molar-refractivity contribution in [2.24, 2.45) is 11.7 Å². The zero-order valence-electron chi connectivity index (χ0n) is 15.3. The second-order valence-electron chi connectivity index (χ2n) is 6.96. The number of ether oxygens (including phenoxy) is 1. The summed E-state index contributed by atoms with van der Waals surface area (Å²) in [7, 11) is 1.66. The van der Waals surface area contributed by atoms with Crippen molar-refractivity contribution < 1.29 is 9.53 Å². The van der Waals surface area contributed by atoms with E-state index in [0.29, 0.717) is 25.5 Å². The first kappa shape index (κ1) is 19.8. The summed E-state index contributed by atoms with van der Waals surface area (Å²) in [6.45, 7) is 4.90. The molecule has 25 heavy (non-hydrogen) atoms. The Hall–Kier alpha value is -1.47. The van der Waals surface area contributed by atoms with Crippen LogP contribution in [0.1, 0.15) is 48.9 Å². The summed E-state index contributed by atoms with van der Waals surface area (Å²) in [5.41, 5.74) is 8.82. The second-order valence-corrected chi connectivity index (χ2v) is 6.96. The Labute approximate surface area is 150 Å². The third-order valence-corrected chi connectivity index (χ3v) is 4.82. The third kappa shape index (κ3) is 6.08. The number of rotatable bonds is 10. The molecule has 3 N–H and O–H groups in total. The first-order chi connectivity index (χ1) is 12.0. The van der Waals surface area contributed by atoms with Gasteiger partial charge in [-0.2, -0.15) is 0 Å². The van der Waals surface area contributed by atoms with Crippen LogP contribution in [-0.4, -0.2) is 37.8 Å². The molecule has 0 spiro atoms. The molecular weight excluding hydrogens is 318 g/mol. The van der Waals surface area contributed by atoms with Gasteiger partial charge in [0.05, 0.1) is 0 Å². The molecule has 1 aliphatic rings. The first-order valence-corrected chi connectivity index (χ1v) is 9.04. The van der Waals surface area contributed by atoms with Crippen molar-refractivity contribution in [3.63, 3.8) is 0 Å². The predicted molar refractivity (Wildman–Crippen MR) is 98.8 cm³/mol. The number of benzene rings is 1. The maximum absolute atomic E-state index is 12.1. The minimum Gasteiger partial charge on any atom is -0.785 e. The van der Waals surface area contributed by atoms with Gasteiger partial charge in [0.2, 0.25) is 5.91 Å². The van der Waals surface area contributed by atoms with Crippen molar-refractivity contribution in [1.82, 2.24) is 10.4 Å². The van der Waals surface area contributed by atoms with Crippen LogP contribution in [0.3, 0.4) is 0 Å². The van der Waals surface area contributed by atoms with E-state index in [2.05, 4.69) is 30.4 Å². The molecule has 6 heteroatoms. The van der Waals surface area contributed by atoms with Gasteiger partial charge in [-0.3, -0.25) is 4.79 Å². The SMILES string of the molecule is COCCC1c2ccc(CNCC(C)CCC(N)=O)cc2CCN1[O-]. The third-order valence-electron chi connectivity index (χ3n) is 4.82. The molecule has 1 aromatic carbocycles. The van der Waals surface area contributed by atoms with E-state index < -0.39 is 0 Å². The van der Waals surface area contributed by atoms with Gasteiger partial charge in [0, 0.05) is 32.7 Å². The highest BCUT2D eigenvalue weighted by atomic mass is 16.5. The minimum atomic E-state index is -0.239. The molecule has 1 amide bonds. The van der Waals surface area contributed by atoms with Crippen molar-refractivity contribution in [1.29, 1.82) is 0 Å². The van der Waals surface area contributed by atoms with Crippen LogP contribution in [0.4, 0.5) is 0 Å². The number of hydrogen-bond donors (Lipinski definition) is 2. The Kier molecular flexibility index (Phi) is 7.84. The molecule has 0 bridgehead atoms. The standard InChI is InChI=1S/C19H30N3O3/c1-14(3-6-19(20)23)12-21-13-15-4-5-17-16(11-15)7-9-22(24)18(17)8-10-25-2/h4-5,11,14,18,21H,3,6-10,12-13H2,1-2H3,(H2,20,23)/q-1. The Balaban J connectivity index is 1.89. The highest BCUT2D eigenvalue weighted by Gasteiger charge is 2.21. The summed E-state index contributed by atoms with van der Waals surface area (Å²) >= 11 is 0. The number of nitrogens with two attached hydrogens (primary N) is 1. The molecule has 0 fully saturated rings. The molecule has 0 aliphatic carbocycles. The lowest BCUT2D eigenvalue weighted by atomic mass is 9.90. The fraction of sp³-hybridized carbons (Fsp3) is 0.632. The highest BCUT2D eigenvalue weighted by molar-refractivity contribution is 5.73. The molecule has 2 atom stereocenters. The molecule has 0 saturated heterocycles. The molecule has 6 nitrogen and oxygen atoms in total. The topological polar surface area (TPSA) is 90.6 Å². The monoisotopic (exact) mass is 348 g/mol. The van der Waals surface area contributed by atoms with Crippen LogP contribution in [-0.2, 0) is 22.5 Å². The molecule has 2 rings (SSSR count). The van der Waals surface area contributed by atoms with Crippen molar-refractivity contribution >= 4 is 5.91 Å². The van der Waals surface area contributed by atoms with Crippen LogP contribution in [0.2, 0.25) is 0 Å². The lowest BCUT2D eigenvalue weighted by Gasteiger charge is -2.42. The van der Waals surface area contributed by atoms with Crippen LogP contribution in [0, 0.1) is 11.1 Å². The molecular formula is C19H30N3O3-. The second kappa shape index (κ2) is 9.87. The summed E-state index contributed by atoms with van der Waals surface area (Å²) in [4.78, 5) is 10.8. The molecule has 0 radical (unpaired) electrons. The molecule has 140 valence electrons. The number of carbonyl (C=O) groups excluding carboxylic acids is 1. The van der Waals surface area contributed by atoms with Gasteiger partial charge in [-0.25, -0.2) is 0 Å². The van der Waals surface area contributed by atoms with E-state index in [1.54, 1.807) is 7.11 Å². The van der Waals surface area contributed by atoms with Gasteiger partial charge in [-0.05, 0) is 55.0 Å². The van der Waals surface area contributed by atoms with E-state index in [4.69, 9.17) is 10.5 Å². The fourth-order valence-electron chi connectivity index (χ4n) is 3.33. The highest BCUT2D eigenvalue weighted by Crippen LogP contribution is 2.32. The largest absolute Gasteiger partial charge is 0.785 e. The van der Waals surface area contributed by atoms with Gasteiger partial charge < -0.3 is 26.1 Å². The van der Waals surface area contributed by atoms with Gasteiger partial charge >= 0.3 is 0 Å². The summed E-state index contributed by atoms with van der Waals surface area (Å²) in [6, 6.07) is 6.30. The Morgan fingerprint density at radius 1 is 1.52 bits per heavy atom. The minimum absolute atomic E-state index is 0.0977. The van der Waals surface area contributed by atoms with Crippen molar-refractivity contribution in [3.05, 3.63) is 40.1 Å². The summed E-state index contributed by atoms with van der Waals surface area (Å²) in [5, 5.41) is 16.7. The van der Waals surface area contributed by atoms with E-state index >= 15 is 0 Å². The number of methoxy groups -OCH3 is 1. The Morgan fingerprint density at radius 3 is 3.04 bits per heavy atom. The molecule has 1 aromatic rings. The molecule has 1 heterocycles. The number of nitrogens with one attached hydrogen (secondary N) is 1. The number of fused-ring (bicyclic) bond motifs is 1. The number of amides is 1. The normalized spacial score (nSPS) is 18.8. The van der Waals surface area contributed by atoms with E-state index in [-0.39, 0.29) is 11.9 Å². The number of primary amides is 1. The number of nitrogens with zero attached hydrogens (tertiary/aromatic N) is 1. The average molecular weight is 348 g/mol. The molecule has 1 aliphatic heterocycles. The average Bonchev–Trinajstić information content (AvgIpc) is 2.59. The smallest absolute Gasteiger partial charge is 0.217 e. The summed E-state index contributed by atoms with van der Waals surface area (Å²) < 4.78 is 5.14. The van der Waals surface area contributed by atoms with Gasteiger partial charge in [-0.15, -0.1) is 0 Å². The zero-order chi connectivity index (χ0) is 18.2. The van der Waals surface area contributed by atoms with E-state index in [9.17, 15) is 10.0 Å². The van der Waals surface area contributed by atoms with E-state index in [0.717, 1.165) is 37.9 Å². The first-order valence-electron chi connectivity index (χ1n) is 9.04. The zero-order valence-corrected chi connectivity index (χ0v) is 15.3. The lowest BCUT2D eigenvalue weighted by Crippen LogP contribution is -2.31. The molecule has 2 unspecified atom stereocenters. The number of hydroxylamine groups is 2. The van der Waals surface area contributed by atoms with Crippen LogP contribution in [0.5, 0.6) is 0 Å². The van der Waals surface area contributed by atoms with E-state index in [1.807, 2.05) is 0 Å². The Bertz CT molecular complexity index is 565. The molecule has 0 aromatic heterocycles. The van der Waals surface area contributed by atoms with E-state index in [1.165, 1.54) is 16.2 Å². The van der Waals surface area contributed by atoms with Crippen molar-refractivity contribution in [2.45, 2.75) is 45.2 Å². The van der Waals surface area contributed by atoms with Crippen molar-refractivity contribution in [3.8, 4) is 0 Å². The van der Waals surface area contributed by atoms with Gasteiger partial charge in [0.15, 0.2) is 0 Å². The van der Waals surface area contributed by atoms with Crippen LogP contribution in [0.15, 0.2) is 18.2 Å². The number of carbonyl (C=O) groups is 1.